The third-order valence-corrected chi connectivity index (χ3v) is 2.93. The Bertz CT molecular complexity index is 376. The summed E-state index contributed by atoms with van der Waals surface area (Å²) in [4.78, 5) is 0. The number of hydrogen-bond acceptors (Lipinski definition) is 4. The molecular weight excluding hydrogens is 235 g/mol. The van der Waals surface area contributed by atoms with Gasteiger partial charge in [-0.3, -0.25) is 4.55 Å². The van der Waals surface area contributed by atoms with Crippen molar-refractivity contribution in [3.63, 3.8) is 0 Å². The fraction of sp³-hybridized carbons (Fsp3) is 0.429. The Labute approximate surface area is 111 Å². The van der Waals surface area contributed by atoms with Crippen LogP contribution < -0.4 is 34.3 Å². The molecule has 0 aromatic carbocycles. The van der Waals surface area contributed by atoms with Crippen molar-refractivity contribution in [3.8, 4) is 5.75 Å². The van der Waals surface area contributed by atoms with Gasteiger partial charge in [-0.25, -0.2) is 0 Å². The number of aryl methyl sites for hydroxylation is 1. The Balaban J connectivity index is 0. The Morgan fingerprint density at radius 2 is 2.21 bits per heavy atom. The van der Waals surface area contributed by atoms with Gasteiger partial charge in [0, 0.05) is 10.9 Å². The van der Waals surface area contributed by atoms with Crippen molar-refractivity contribution in [3.05, 3.63) is 16.3 Å². The zero-order chi connectivity index (χ0) is 9.90. The summed E-state index contributed by atoms with van der Waals surface area (Å²) in [6.07, 6.45) is 0. The van der Waals surface area contributed by atoms with Crippen LogP contribution in [0, 0.1) is 6.92 Å². The minimum atomic E-state index is -3.91. The number of rotatable bonds is 4. The maximum absolute atomic E-state index is 10.3. The Hall–Kier alpha value is 0.410. The minimum Gasteiger partial charge on any atom is -1.00 e. The van der Waals surface area contributed by atoms with Gasteiger partial charge < -0.3 is 6.16 Å². The third-order valence-electron chi connectivity index (χ3n) is 1.41. The van der Waals surface area contributed by atoms with Crippen LogP contribution in [0.4, 0.5) is 0 Å². The fourth-order valence-electron chi connectivity index (χ4n) is 0.754. The van der Waals surface area contributed by atoms with Crippen LogP contribution in [-0.4, -0.2) is 25.3 Å². The van der Waals surface area contributed by atoms with Crippen LogP contribution in [0.1, 0.15) is 6.99 Å². The summed E-state index contributed by atoms with van der Waals surface area (Å²) in [5.74, 6) is 0.302. The maximum atomic E-state index is 10.3. The van der Waals surface area contributed by atoms with Crippen LogP contribution in [0.2, 0.25) is 0 Å². The standard InChI is InChI=1S/C7H10O4S2.Na.H/c1-6-4-12-5-7(6)11-2-3-13(8,9)10;;/h4-5H,2-3H2,1H3,(H,8,9,10);;/q;+1;-1. The SMILES string of the molecule is Cc1cscc1OCCS(=O)(=O)O.[H-].[Na+]. The Kier molecular flexibility index (Phi) is 6.27. The van der Waals surface area contributed by atoms with E-state index in [2.05, 4.69) is 0 Å². The van der Waals surface area contributed by atoms with E-state index in [9.17, 15) is 8.42 Å². The molecule has 0 aliphatic heterocycles. The number of ether oxygens (including phenoxy) is 1. The molecule has 1 heterocycles. The van der Waals surface area contributed by atoms with E-state index in [0.717, 1.165) is 5.56 Å². The molecule has 14 heavy (non-hydrogen) atoms. The molecular formula is C7H11NaO4S2. The molecule has 0 unspecified atom stereocenters. The van der Waals surface area contributed by atoms with Crippen LogP contribution >= 0.6 is 11.3 Å². The van der Waals surface area contributed by atoms with Crippen molar-refractivity contribution >= 4 is 21.5 Å². The van der Waals surface area contributed by atoms with Crippen LogP contribution in [-0.2, 0) is 10.1 Å². The molecule has 1 aromatic rings. The van der Waals surface area contributed by atoms with Crippen LogP contribution in [0.15, 0.2) is 10.8 Å². The van der Waals surface area contributed by atoms with E-state index in [1.807, 2.05) is 12.3 Å². The zero-order valence-corrected chi connectivity index (χ0v) is 11.7. The molecule has 0 radical (unpaired) electrons. The predicted octanol–water partition coefficient (Wildman–Crippen LogP) is -1.56. The zero-order valence-electron chi connectivity index (χ0n) is 9.06. The van der Waals surface area contributed by atoms with Crippen molar-refractivity contribution < 1.29 is 48.7 Å². The van der Waals surface area contributed by atoms with E-state index in [1.165, 1.54) is 11.3 Å². The molecule has 0 spiro atoms. The van der Waals surface area contributed by atoms with Gasteiger partial charge in [0.15, 0.2) is 0 Å². The largest absolute Gasteiger partial charge is 1.00 e. The molecule has 0 fully saturated rings. The van der Waals surface area contributed by atoms with Crippen molar-refractivity contribution in [2.75, 3.05) is 12.4 Å². The summed E-state index contributed by atoms with van der Waals surface area (Å²) in [5.41, 5.74) is 0.973. The second-order valence-electron chi connectivity index (χ2n) is 2.55. The predicted molar refractivity (Wildman–Crippen MR) is 52.1 cm³/mol. The van der Waals surface area contributed by atoms with E-state index in [0.29, 0.717) is 5.75 Å². The average Bonchev–Trinajstić information content (AvgIpc) is 2.34. The number of thiophene rings is 1. The fourth-order valence-corrected chi connectivity index (χ4v) is 1.81. The van der Waals surface area contributed by atoms with Gasteiger partial charge in [0.05, 0.1) is 0 Å². The van der Waals surface area contributed by atoms with Gasteiger partial charge in [0.1, 0.15) is 18.1 Å². The van der Waals surface area contributed by atoms with E-state index in [-0.39, 0.29) is 43.3 Å². The normalized spacial score (nSPS) is 10.7. The molecule has 76 valence electrons. The summed E-state index contributed by atoms with van der Waals surface area (Å²) >= 11 is 1.49. The average molecular weight is 246 g/mol. The quantitative estimate of drug-likeness (QED) is 0.515. The van der Waals surface area contributed by atoms with E-state index < -0.39 is 10.1 Å². The topological polar surface area (TPSA) is 63.6 Å². The summed E-state index contributed by atoms with van der Waals surface area (Å²) < 4.78 is 34.2. The summed E-state index contributed by atoms with van der Waals surface area (Å²) in [5, 5.41) is 3.70. The molecule has 0 amide bonds. The first-order valence-electron chi connectivity index (χ1n) is 3.60. The molecule has 1 rings (SSSR count). The van der Waals surface area contributed by atoms with E-state index in [4.69, 9.17) is 9.29 Å². The summed E-state index contributed by atoms with van der Waals surface area (Å²) in [7, 11) is -3.91. The van der Waals surface area contributed by atoms with Crippen molar-refractivity contribution in [1.29, 1.82) is 0 Å². The van der Waals surface area contributed by atoms with Gasteiger partial charge >= 0.3 is 29.6 Å². The van der Waals surface area contributed by atoms with Gasteiger partial charge in [-0.2, -0.15) is 8.42 Å². The minimum absolute atomic E-state index is 0. The van der Waals surface area contributed by atoms with Crippen molar-refractivity contribution in [2.24, 2.45) is 0 Å². The van der Waals surface area contributed by atoms with Crippen molar-refractivity contribution in [1.82, 2.24) is 0 Å². The van der Waals surface area contributed by atoms with Gasteiger partial charge in [-0.15, -0.1) is 11.3 Å². The van der Waals surface area contributed by atoms with Gasteiger partial charge in [0.2, 0.25) is 0 Å². The molecule has 1 N–H and O–H groups in total. The van der Waals surface area contributed by atoms with Crippen LogP contribution in [0.5, 0.6) is 5.75 Å². The second kappa shape index (κ2) is 6.09. The smallest absolute Gasteiger partial charge is 1.00 e. The first kappa shape index (κ1) is 14.4. The first-order chi connectivity index (χ1) is 5.99. The van der Waals surface area contributed by atoms with Gasteiger partial charge in [-0.05, 0) is 12.3 Å². The van der Waals surface area contributed by atoms with E-state index >= 15 is 0 Å². The van der Waals surface area contributed by atoms with Crippen LogP contribution in [0.25, 0.3) is 0 Å². The Morgan fingerprint density at radius 3 is 2.64 bits per heavy atom. The molecule has 0 aliphatic carbocycles. The monoisotopic (exact) mass is 246 g/mol. The first-order valence-corrected chi connectivity index (χ1v) is 6.15. The van der Waals surface area contributed by atoms with E-state index in [1.54, 1.807) is 5.38 Å². The van der Waals surface area contributed by atoms with Crippen LogP contribution in [0.3, 0.4) is 0 Å². The summed E-state index contributed by atoms with van der Waals surface area (Å²) in [6.45, 7) is 1.86. The maximum Gasteiger partial charge on any atom is 1.00 e. The molecule has 0 saturated carbocycles. The molecule has 7 heteroatoms. The molecule has 0 bridgehead atoms. The molecule has 0 atom stereocenters. The second-order valence-corrected chi connectivity index (χ2v) is 4.87. The van der Waals surface area contributed by atoms with Gasteiger partial charge in [-0.1, -0.05) is 0 Å². The third kappa shape index (κ3) is 5.33. The molecule has 1 aromatic heterocycles. The molecule has 0 aliphatic rings. The number of hydrogen-bond donors (Lipinski definition) is 1. The Morgan fingerprint density at radius 1 is 1.57 bits per heavy atom. The van der Waals surface area contributed by atoms with Gasteiger partial charge in [0.25, 0.3) is 10.1 Å². The molecule has 4 nitrogen and oxygen atoms in total. The van der Waals surface area contributed by atoms with Crippen molar-refractivity contribution in [2.45, 2.75) is 6.92 Å². The summed E-state index contributed by atoms with van der Waals surface area (Å²) in [6, 6.07) is 0. The molecule has 0 saturated heterocycles.